The molecule has 1 aliphatic rings. The standard InChI is InChI=1S/C16H17ClN2O2S/c1-11-5-6-13-4-3-7-19(16(13)12(11)2)22(20,21)15-8-14(17)9-18-10-15/h5-6,8-10H,3-4,7H2,1-2H3. The van der Waals surface area contributed by atoms with Crippen LogP contribution in [-0.4, -0.2) is 19.9 Å². The van der Waals surface area contributed by atoms with Gasteiger partial charge in [0.15, 0.2) is 0 Å². The van der Waals surface area contributed by atoms with Crippen molar-refractivity contribution in [2.24, 2.45) is 0 Å². The van der Waals surface area contributed by atoms with Crippen molar-refractivity contribution in [2.45, 2.75) is 31.6 Å². The second kappa shape index (κ2) is 5.56. The monoisotopic (exact) mass is 336 g/mol. The third kappa shape index (κ3) is 2.48. The number of sulfonamides is 1. The van der Waals surface area contributed by atoms with Gasteiger partial charge in [0.25, 0.3) is 10.0 Å². The lowest BCUT2D eigenvalue weighted by Crippen LogP contribution is -2.36. The number of benzene rings is 1. The molecule has 6 heteroatoms. The second-order valence-corrected chi connectivity index (χ2v) is 7.83. The molecule has 1 aromatic carbocycles. The van der Waals surface area contributed by atoms with E-state index < -0.39 is 10.0 Å². The van der Waals surface area contributed by atoms with Crippen LogP contribution >= 0.6 is 11.6 Å². The Hall–Kier alpha value is -1.59. The van der Waals surface area contributed by atoms with Crippen LogP contribution in [0.1, 0.15) is 23.1 Å². The Balaban J connectivity index is 2.17. The van der Waals surface area contributed by atoms with E-state index in [2.05, 4.69) is 4.98 Å². The molecule has 3 rings (SSSR count). The molecule has 2 aromatic rings. The maximum absolute atomic E-state index is 13.0. The van der Waals surface area contributed by atoms with Gasteiger partial charge < -0.3 is 0 Å². The van der Waals surface area contributed by atoms with E-state index in [9.17, 15) is 8.42 Å². The van der Waals surface area contributed by atoms with Crippen molar-refractivity contribution in [1.82, 2.24) is 4.98 Å². The molecule has 0 fully saturated rings. The first-order chi connectivity index (χ1) is 10.4. The summed E-state index contributed by atoms with van der Waals surface area (Å²) in [5.74, 6) is 0. The smallest absolute Gasteiger partial charge is 0.265 e. The molecule has 0 bridgehead atoms. The summed E-state index contributed by atoms with van der Waals surface area (Å²) in [4.78, 5) is 4.04. The zero-order chi connectivity index (χ0) is 15.9. The maximum Gasteiger partial charge on any atom is 0.265 e. The predicted molar refractivity (Wildman–Crippen MR) is 88.0 cm³/mol. The largest absolute Gasteiger partial charge is 0.266 e. The van der Waals surface area contributed by atoms with Crippen LogP contribution in [0, 0.1) is 13.8 Å². The molecule has 0 N–H and O–H groups in total. The van der Waals surface area contributed by atoms with E-state index in [1.807, 2.05) is 26.0 Å². The molecular weight excluding hydrogens is 320 g/mol. The Morgan fingerprint density at radius 2 is 2.00 bits per heavy atom. The van der Waals surface area contributed by atoms with E-state index in [4.69, 9.17) is 11.6 Å². The normalized spacial score (nSPS) is 14.8. The van der Waals surface area contributed by atoms with Crippen LogP contribution in [0.15, 0.2) is 35.5 Å². The Morgan fingerprint density at radius 3 is 2.73 bits per heavy atom. The number of hydrogen-bond acceptors (Lipinski definition) is 3. The second-order valence-electron chi connectivity index (χ2n) is 5.53. The van der Waals surface area contributed by atoms with Gasteiger partial charge in [-0.25, -0.2) is 8.42 Å². The molecule has 0 spiro atoms. The summed E-state index contributed by atoms with van der Waals surface area (Å²) in [6.45, 7) is 4.44. The number of nitrogens with zero attached hydrogens (tertiary/aromatic N) is 2. The minimum absolute atomic E-state index is 0.133. The molecule has 1 aliphatic heterocycles. The van der Waals surface area contributed by atoms with Crippen LogP contribution in [0.3, 0.4) is 0 Å². The average Bonchev–Trinajstić information content (AvgIpc) is 2.50. The highest BCUT2D eigenvalue weighted by Crippen LogP contribution is 2.36. The van der Waals surface area contributed by atoms with Gasteiger partial charge in [-0.1, -0.05) is 23.7 Å². The fraction of sp³-hybridized carbons (Fsp3) is 0.312. The van der Waals surface area contributed by atoms with E-state index in [-0.39, 0.29) is 4.90 Å². The van der Waals surface area contributed by atoms with E-state index in [0.717, 1.165) is 35.2 Å². The fourth-order valence-corrected chi connectivity index (χ4v) is 4.66. The first-order valence-corrected chi connectivity index (χ1v) is 8.95. The molecule has 4 nitrogen and oxygen atoms in total. The number of anilines is 1. The van der Waals surface area contributed by atoms with Crippen LogP contribution in [0.5, 0.6) is 0 Å². The molecule has 2 heterocycles. The Labute approximate surface area is 135 Å². The summed E-state index contributed by atoms with van der Waals surface area (Å²) in [5.41, 5.74) is 3.99. The van der Waals surface area contributed by atoms with Gasteiger partial charge in [0, 0.05) is 18.9 Å². The van der Waals surface area contributed by atoms with Crippen molar-refractivity contribution in [2.75, 3.05) is 10.8 Å². The van der Waals surface area contributed by atoms with Gasteiger partial charge in [0.2, 0.25) is 0 Å². The molecule has 0 unspecified atom stereocenters. The number of aromatic nitrogens is 1. The van der Waals surface area contributed by atoms with E-state index in [1.54, 1.807) is 0 Å². The highest BCUT2D eigenvalue weighted by Gasteiger charge is 2.31. The van der Waals surface area contributed by atoms with E-state index in [1.165, 1.54) is 22.8 Å². The minimum atomic E-state index is -3.65. The summed E-state index contributed by atoms with van der Waals surface area (Å²) in [6.07, 6.45) is 4.49. The molecule has 22 heavy (non-hydrogen) atoms. The van der Waals surface area contributed by atoms with Gasteiger partial charge in [-0.05, 0) is 49.4 Å². The lowest BCUT2D eigenvalue weighted by atomic mass is 9.97. The van der Waals surface area contributed by atoms with Crippen LogP contribution in [-0.2, 0) is 16.4 Å². The number of halogens is 1. The highest BCUT2D eigenvalue weighted by atomic mass is 35.5. The lowest BCUT2D eigenvalue weighted by molar-refractivity contribution is 0.586. The molecule has 0 aliphatic carbocycles. The maximum atomic E-state index is 13.0. The van der Waals surface area contributed by atoms with Gasteiger partial charge >= 0.3 is 0 Å². The third-order valence-electron chi connectivity index (χ3n) is 4.11. The fourth-order valence-electron chi connectivity index (χ4n) is 2.83. The molecule has 0 saturated carbocycles. The molecule has 116 valence electrons. The Kier molecular flexibility index (Phi) is 3.87. The van der Waals surface area contributed by atoms with Crippen molar-refractivity contribution >= 4 is 27.3 Å². The zero-order valence-electron chi connectivity index (χ0n) is 12.5. The summed E-state index contributed by atoms with van der Waals surface area (Å²) < 4.78 is 27.5. The van der Waals surface area contributed by atoms with Gasteiger partial charge in [-0.2, -0.15) is 0 Å². The molecule has 0 saturated heterocycles. The SMILES string of the molecule is Cc1ccc2c(c1C)N(S(=O)(=O)c1cncc(Cl)c1)CCC2. The number of aryl methyl sites for hydroxylation is 2. The van der Waals surface area contributed by atoms with Gasteiger partial charge in [-0.15, -0.1) is 0 Å². The Bertz CT molecular complexity index is 834. The number of fused-ring (bicyclic) bond motifs is 1. The molecule has 0 radical (unpaired) electrons. The summed E-state index contributed by atoms with van der Waals surface area (Å²) in [6, 6.07) is 5.52. The molecule has 1 aromatic heterocycles. The van der Waals surface area contributed by atoms with Crippen LogP contribution < -0.4 is 4.31 Å². The topological polar surface area (TPSA) is 50.3 Å². The van der Waals surface area contributed by atoms with Gasteiger partial charge in [0.05, 0.1) is 10.7 Å². The molecule has 0 amide bonds. The lowest BCUT2D eigenvalue weighted by Gasteiger charge is -2.32. The predicted octanol–water partition coefficient (Wildman–Crippen LogP) is 3.49. The van der Waals surface area contributed by atoms with Gasteiger partial charge in [0.1, 0.15) is 4.90 Å². The van der Waals surface area contributed by atoms with Crippen LogP contribution in [0.4, 0.5) is 5.69 Å². The van der Waals surface area contributed by atoms with Crippen molar-refractivity contribution in [3.8, 4) is 0 Å². The zero-order valence-corrected chi connectivity index (χ0v) is 14.1. The number of hydrogen-bond donors (Lipinski definition) is 0. The summed E-state index contributed by atoms with van der Waals surface area (Å²) >= 11 is 5.90. The third-order valence-corrected chi connectivity index (χ3v) is 6.08. The van der Waals surface area contributed by atoms with Crippen molar-refractivity contribution < 1.29 is 8.42 Å². The molecular formula is C16H17ClN2O2S. The van der Waals surface area contributed by atoms with E-state index in [0.29, 0.717) is 11.6 Å². The molecule has 0 atom stereocenters. The van der Waals surface area contributed by atoms with Crippen LogP contribution in [0.25, 0.3) is 0 Å². The minimum Gasteiger partial charge on any atom is -0.266 e. The highest BCUT2D eigenvalue weighted by molar-refractivity contribution is 7.92. The number of pyridine rings is 1. The van der Waals surface area contributed by atoms with Crippen LogP contribution in [0.2, 0.25) is 5.02 Å². The van der Waals surface area contributed by atoms with Gasteiger partial charge in [-0.3, -0.25) is 9.29 Å². The van der Waals surface area contributed by atoms with Crippen molar-refractivity contribution in [3.05, 3.63) is 52.3 Å². The number of rotatable bonds is 2. The first kappa shape index (κ1) is 15.3. The summed E-state index contributed by atoms with van der Waals surface area (Å²) in [5, 5.41) is 0.319. The van der Waals surface area contributed by atoms with Crippen molar-refractivity contribution in [3.63, 3.8) is 0 Å². The first-order valence-electron chi connectivity index (χ1n) is 7.13. The average molecular weight is 337 g/mol. The van der Waals surface area contributed by atoms with E-state index >= 15 is 0 Å². The van der Waals surface area contributed by atoms with Crippen molar-refractivity contribution in [1.29, 1.82) is 0 Å². The quantitative estimate of drug-likeness (QED) is 0.843. The Morgan fingerprint density at radius 1 is 1.23 bits per heavy atom. The summed E-state index contributed by atoms with van der Waals surface area (Å²) in [7, 11) is -3.65.